The van der Waals surface area contributed by atoms with Gasteiger partial charge in [-0.2, -0.15) is 0 Å². The molecule has 1 atom stereocenters. The molecule has 1 unspecified atom stereocenters. The van der Waals surface area contributed by atoms with Crippen LogP contribution in [0.2, 0.25) is 10.0 Å². The molecule has 0 radical (unpaired) electrons. The Bertz CT molecular complexity index is 826. The van der Waals surface area contributed by atoms with Crippen molar-refractivity contribution in [3.63, 3.8) is 0 Å². The third-order valence-electron chi connectivity index (χ3n) is 5.29. The third-order valence-corrected chi connectivity index (χ3v) is 6.00. The standard InChI is InChI=1S/C21H25Cl2N3.C5H12/c1-13(2)11-14(3)24-21-15-7-4-5-10-19(15)25-20(26-21)12-16-17(22)8-6-9-18(16)23;1-3-5-4-2/h6,8-9,11,20,25H,3-5,7,10,12H2,1-2H3,(H,24,26);3-5H2,1-2H3. The summed E-state index contributed by atoms with van der Waals surface area (Å²) >= 11 is 12.7. The van der Waals surface area contributed by atoms with Crippen LogP contribution in [0.25, 0.3) is 0 Å². The van der Waals surface area contributed by atoms with Gasteiger partial charge in [0.2, 0.25) is 0 Å². The van der Waals surface area contributed by atoms with Crippen molar-refractivity contribution in [2.24, 2.45) is 4.99 Å². The molecule has 31 heavy (non-hydrogen) atoms. The third kappa shape index (κ3) is 8.05. The summed E-state index contributed by atoms with van der Waals surface area (Å²) < 4.78 is 0. The van der Waals surface area contributed by atoms with Crippen LogP contribution in [0.1, 0.15) is 78.2 Å². The van der Waals surface area contributed by atoms with Crippen LogP contribution >= 0.6 is 23.2 Å². The summed E-state index contributed by atoms with van der Waals surface area (Å²) in [5, 5.41) is 8.37. The van der Waals surface area contributed by atoms with Crippen LogP contribution in [0.5, 0.6) is 0 Å². The lowest BCUT2D eigenvalue weighted by molar-refractivity contribution is 0.523. The average molecular weight is 463 g/mol. The zero-order chi connectivity index (χ0) is 22.8. The molecule has 1 aromatic rings. The second kappa shape index (κ2) is 13.0. The van der Waals surface area contributed by atoms with Crippen LogP contribution in [0, 0.1) is 0 Å². The van der Waals surface area contributed by atoms with E-state index in [2.05, 4.69) is 44.9 Å². The van der Waals surface area contributed by atoms with Gasteiger partial charge in [-0.15, -0.1) is 0 Å². The smallest absolute Gasteiger partial charge is 0.132 e. The Hall–Kier alpha value is -1.71. The number of unbranched alkanes of at least 4 members (excludes halogenated alkanes) is 2. The Morgan fingerprint density at radius 2 is 1.81 bits per heavy atom. The molecule has 0 fully saturated rings. The average Bonchev–Trinajstić information content (AvgIpc) is 2.71. The van der Waals surface area contributed by atoms with Crippen LogP contribution in [0.4, 0.5) is 0 Å². The molecule has 1 aromatic carbocycles. The van der Waals surface area contributed by atoms with Gasteiger partial charge >= 0.3 is 0 Å². The van der Waals surface area contributed by atoms with Gasteiger partial charge in [-0.25, -0.2) is 4.99 Å². The van der Waals surface area contributed by atoms with E-state index in [1.54, 1.807) is 0 Å². The highest BCUT2D eigenvalue weighted by atomic mass is 35.5. The highest BCUT2D eigenvalue weighted by Crippen LogP contribution is 2.30. The van der Waals surface area contributed by atoms with Crippen LogP contribution in [0.15, 0.2) is 58.4 Å². The van der Waals surface area contributed by atoms with Gasteiger partial charge < -0.3 is 10.6 Å². The first-order valence-corrected chi connectivity index (χ1v) is 12.2. The molecule has 1 aliphatic heterocycles. The number of amidine groups is 1. The van der Waals surface area contributed by atoms with Crippen molar-refractivity contribution in [3.05, 3.63) is 69.0 Å². The maximum atomic E-state index is 6.35. The molecule has 170 valence electrons. The van der Waals surface area contributed by atoms with Gasteiger partial charge in [-0.1, -0.05) is 74.5 Å². The molecule has 1 heterocycles. The molecule has 0 aromatic heterocycles. The molecular weight excluding hydrogens is 425 g/mol. The monoisotopic (exact) mass is 461 g/mol. The zero-order valence-electron chi connectivity index (χ0n) is 19.5. The number of nitrogens with one attached hydrogen (secondary N) is 2. The first-order valence-electron chi connectivity index (χ1n) is 11.5. The predicted molar refractivity (Wildman–Crippen MR) is 137 cm³/mol. The molecule has 5 heteroatoms. The number of rotatable bonds is 6. The molecule has 0 amide bonds. The van der Waals surface area contributed by atoms with Gasteiger partial charge in [0, 0.05) is 33.4 Å². The van der Waals surface area contributed by atoms with E-state index in [1.165, 1.54) is 48.9 Å². The number of nitrogens with zero attached hydrogens (tertiary/aromatic N) is 1. The summed E-state index contributed by atoms with van der Waals surface area (Å²) in [6.45, 7) is 12.7. The first kappa shape index (κ1) is 25.5. The van der Waals surface area contributed by atoms with Gasteiger partial charge in [0.05, 0.1) is 0 Å². The van der Waals surface area contributed by atoms with Crippen molar-refractivity contribution in [2.75, 3.05) is 0 Å². The lowest BCUT2D eigenvalue weighted by Crippen LogP contribution is -2.41. The highest BCUT2D eigenvalue weighted by Gasteiger charge is 2.26. The minimum Gasteiger partial charge on any atom is -0.366 e. The molecule has 0 bridgehead atoms. The minimum absolute atomic E-state index is 0.0914. The maximum absolute atomic E-state index is 6.35. The fourth-order valence-electron chi connectivity index (χ4n) is 3.81. The topological polar surface area (TPSA) is 36.4 Å². The second-order valence-electron chi connectivity index (χ2n) is 8.43. The molecule has 0 saturated carbocycles. The summed E-state index contributed by atoms with van der Waals surface area (Å²) in [6, 6.07) is 5.61. The molecule has 3 nitrogen and oxygen atoms in total. The Kier molecular flexibility index (Phi) is 10.7. The van der Waals surface area contributed by atoms with Crippen molar-refractivity contribution >= 4 is 29.0 Å². The van der Waals surface area contributed by atoms with Crippen molar-refractivity contribution in [1.82, 2.24) is 10.6 Å². The number of halogens is 2. The van der Waals surface area contributed by atoms with Crippen LogP contribution in [-0.2, 0) is 6.42 Å². The minimum atomic E-state index is -0.0914. The summed E-state index contributed by atoms with van der Waals surface area (Å²) in [7, 11) is 0. The summed E-state index contributed by atoms with van der Waals surface area (Å²) in [5.74, 6) is 0.925. The Morgan fingerprint density at radius 1 is 1.16 bits per heavy atom. The number of benzene rings is 1. The summed E-state index contributed by atoms with van der Waals surface area (Å²) in [4.78, 5) is 4.92. The van der Waals surface area contributed by atoms with Crippen LogP contribution in [0.3, 0.4) is 0 Å². The SMILES string of the molecule is C=C(C=C(C)C)NC1=NC(Cc2c(Cl)cccc2Cl)NC2=C1CCCC2.CCCCC. The maximum Gasteiger partial charge on any atom is 0.132 e. The van der Waals surface area contributed by atoms with Crippen molar-refractivity contribution in [2.45, 2.75) is 85.2 Å². The van der Waals surface area contributed by atoms with Gasteiger partial charge in [0.1, 0.15) is 12.0 Å². The van der Waals surface area contributed by atoms with Gasteiger partial charge in [-0.05, 0) is 63.3 Å². The molecule has 2 aliphatic rings. The summed E-state index contributed by atoms with van der Waals surface area (Å²) in [5.41, 5.74) is 5.55. The van der Waals surface area contributed by atoms with E-state index in [9.17, 15) is 0 Å². The lowest BCUT2D eigenvalue weighted by Gasteiger charge is -2.32. The van der Waals surface area contributed by atoms with E-state index >= 15 is 0 Å². The van der Waals surface area contributed by atoms with Crippen LogP contribution < -0.4 is 10.6 Å². The molecule has 1 aliphatic carbocycles. The van der Waals surface area contributed by atoms with Crippen molar-refractivity contribution in [3.8, 4) is 0 Å². The zero-order valence-corrected chi connectivity index (χ0v) is 21.0. The lowest BCUT2D eigenvalue weighted by atomic mass is 9.93. The second-order valence-corrected chi connectivity index (χ2v) is 9.25. The van der Waals surface area contributed by atoms with Crippen molar-refractivity contribution in [1.29, 1.82) is 0 Å². The van der Waals surface area contributed by atoms with Crippen LogP contribution in [-0.4, -0.2) is 12.0 Å². The van der Waals surface area contributed by atoms with E-state index in [0.29, 0.717) is 16.5 Å². The fourth-order valence-corrected chi connectivity index (χ4v) is 4.36. The highest BCUT2D eigenvalue weighted by molar-refractivity contribution is 6.36. The van der Waals surface area contributed by atoms with E-state index in [0.717, 1.165) is 29.9 Å². The number of aliphatic imine (C=N–C) groups is 1. The van der Waals surface area contributed by atoms with E-state index < -0.39 is 0 Å². The molecule has 2 N–H and O–H groups in total. The van der Waals surface area contributed by atoms with E-state index in [4.69, 9.17) is 28.2 Å². The summed E-state index contributed by atoms with van der Waals surface area (Å²) in [6.07, 6.45) is 11.2. The van der Waals surface area contributed by atoms with Gasteiger partial charge in [-0.3, -0.25) is 0 Å². The van der Waals surface area contributed by atoms with Crippen molar-refractivity contribution < 1.29 is 0 Å². The molecule has 0 saturated heterocycles. The quantitative estimate of drug-likeness (QED) is 0.421. The number of hydrogen-bond donors (Lipinski definition) is 2. The number of allylic oxidation sites excluding steroid dienone is 3. The van der Waals surface area contributed by atoms with Gasteiger partial charge in [0.25, 0.3) is 0 Å². The Labute approximate surface area is 198 Å². The first-order chi connectivity index (χ1) is 14.8. The fraction of sp³-hybridized carbons (Fsp3) is 0.500. The molecular formula is C26H37Cl2N3. The predicted octanol–water partition coefficient (Wildman–Crippen LogP) is 7.96. The normalized spacial score (nSPS) is 17.5. The Balaban J connectivity index is 0.000000614. The molecule has 3 rings (SSSR count). The van der Waals surface area contributed by atoms with Gasteiger partial charge in [0.15, 0.2) is 0 Å². The Morgan fingerprint density at radius 3 is 2.39 bits per heavy atom. The largest absolute Gasteiger partial charge is 0.366 e. The van der Waals surface area contributed by atoms with E-state index in [-0.39, 0.29) is 6.17 Å². The number of hydrogen-bond acceptors (Lipinski definition) is 3. The molecule has 0 spiro atoms. The van der Waals surface area contributed by atoms with E-state index in [1.807, 2.05) is 24.3 Å².